The minimum Gasteiger partial charge on any atom is -0.349 e. The number of hydrogen-bond acceptors (Lipinski definition) is 4. The fourth-order valence-electron chi connectivity index (χ4n) is 2.57. The molecule has 2 rings (SSSR count). The fraction of sp³-hybridized carbons (Fsp3) is 0.350. The van der Waals surface area contributed by atoms with Gasteiger partial charge in [0, 0.05) is 30.5 Å². The topological polar surface area (TPSA) is 74.3 Å². The molecule has 2 N–H and O–H groups in total. The van der Waals surface area contributed by atoms with E-state index in [0.29, 0.717) is 12.1 Å². The van der Waals surface area contributed by atoms with Crippen molar-refractivity contribution in [2.45, 2.75) is 20.3 Å². The maximum atomic E-state index is 12.6. The average molecular weight is 354 g/mol. The second kappa shape index (κ2) is 9.10. The number of amides is 2. The Morgan fingerprint density at radius 1 is 1.15 bits per heavy atom. The summed E-state index contributed by atoms with van der Waals surface area (Å²) >= 11 is 0. The molecule has 1 heterocycles. The van der Waals surface area contributed by atoms with Gasteiger partial charge in [-0.05, 0) is 50.7 Å². The van der Waals surface area contributed by atoms with Crippen LogP contribution in [0.15, 0.2) is 36.5 Å². The molecule has 2 aromatic rings. The van der Waals surface area contributed by atoms with E-state index in [4.69, 9.17) is 0 Å². The van der Waals surface area contributed by atoms with E-state index < -0.39 is 0 Å². The Balaban J connectivity index is 2.12. The molecular formula is C20H26N4O2. The first-order valence-electron chi connectivity index (χ1n) is 8.71. The minimum absolute atomic E-state index is 0.233. The van der Waals surface area contributed by atoms with Crippen LogP contribution in [-0.4, -0.2) is 48.9 Å². The van der Waals surface area contributed by atoms with E-state index in [9.17, 15) is 9.59 Å². The lowest BCUT2D eigenvalue weighted by atomic mass is 10.1. The number of aryl methyl sites for hydroxylation is 2. The van der Waals surface area contributed by atoms with Crippen LogP contribution in [-0.2, 0) is 6.42 Å². The summed E-state index contributed by atoms with van der Waals surface area (Å²) in [4.78, 5) is 30.9. The van der Waals surface area contributed by atoms with Crippen molar-refractivity contribution in [3.63, 3.8) is 0 Å². The van der Waals surface area contributed by atoms with E-state index in [1.54, 1.807) is 6.07 Å². The van der Waals surface area contributed by atoms with Gasteiger partial charge in [-0.25, -0.2) is 0 Å². The third-order valence-electron chi connectivity index (χ3n) is 4.08. The number of nitrogens with one attached hydrogen (secondary N) is 2. The molecule has 1 aromatic heterocycles. The van der Waals surface area contributed by atoms with Crippen molar-refractivity contribution in [2.24, 2.45) is 0 Å². The highest BCUT2D eigenvalue weighted by Gasteiger charge is 2.14. The maximum Gasteiger partial charge on any atom is 0.269 e. The number of likely N-dealkylation sites (N-methyl/N-ethyl adjacent to an activating group) is 1. The van der Waals surface area contributed by atoms with Crippen LogP contribution >= 0.6 is 0 Å². The molecule has 0 aliphatic rings. The highest BCUT2D eigenvalue weighted by Crippen LogP contribution is 2.21. The van der Waals surface area contributed by atoms with Gasteiger partial charge in [-0.15, -0.1) is 0 Å². The van der Waals surface area contributed by atoms with Gasteiger partial charge in [0.1, 0.15) is 5.69 Å². The SMILES string of the molecule is CCc1cccc(C)c1NC(=O)c1ccnc(C(=O)NCCN(C)C)c1. The molecule has 0 saturated heterocycles. The predicted octanol–water partition coefficient (Wildman–Crippen LogP) is 2.50. The third-order valence-corrected chi connectivity index (χ3v) is 4.08. The van der Waals surface area contributed by atoms with Gasteiger partial charge in [-0.1, -0.05) is 25.1 Å². The monoisotopic (exact) mass is 354 g/mol. The van der Waals surface area contributed by atoms with Crippen LogP contribution < -0.4 is 10.6 Å². The Hall–Kier alpha value is -2.73. The maximum absolute atomic E-state index is 12.6. The zero-order valence-electron chi connectivity index (χ0n) is 15.8. The molecule has 26 heavy (non-hydrogen) atoms. The van der Waals surface area contributed by atoms with Crippen LogP contribution in [0.25, 0.3) is 0 Å². The number of pyridine rings is 1. The van der Waals surface area contributed by atoms with Crippen molar-refractivity contribution in [3.8, 4) is 0 Å². The van der Waals surface area contributed by atoms with E-state index in [1.165, 1.54) is 12.3 Å². The molecule has 0 radical (unpaired) electrons. The molecule has 0 atom stereocenters. The number of carbonyl (C=O) groups is 2. The Morgan fingerprint density at radius 3 is 2.62 bits per heavy atom. The first-order valence-corrected chi connectivity index (χ1v) is 8.71. The van der Waals surface area contributed by atoms with Gasteiger partial charge in [0.25, 0.3) is 11.8 Å². The van der Waals surface area contributed by atoms with Crippen molar-refractivity contribution in [2.75, 3.05) is 32.5 Å². The lowest BCUT2D eigenvalue weighted by molar-refractivity contribution is 0.0946. The van der Waals surface area contributed by atoms with Gasteiger partial charge < -0.3 is 15.5 Å². The molecule has 1 aromatic carbocycles. The smallest absolute Gasteiger partial charge is 0.269 e. The Kier molecular flexibility index (Phi) is 6.86. The molecule has 6 heteroatoms. The first kappa shape index (κ1) is 19.6. The molecule has 0 spiro atoms. The van der Waals surface area contributed by atoms with Crippen LogP contribution in [0.3, 0.4) is 0 Å². The number of hydrogen-bond donors (Lipinski definition) is 2. The van der Waals surface area contributed by atoms with Gasteiger partial charge in [-0.2, -0.15) is 0 Å². The predicted molar refractivity (Wildman–Crippen MR) is 104 cm³/mol. The summed E-state index contributed by atoms with van der Waals surface area (Å²) in [6.45, 7) is 5.27. The van der Waals surface area contributed by atoms with Crippen LogP contribution in [0, 0.1) is 6.92 Å². The largest absolute Gasteiger partial charge is 0.349 e. The second-order valence-electron chi connectivity index (χ2n) is 6.41. The highest BCUT2D eigenvalue weighted by atomic mass is 16.2. The van der Waals surface area contributed by atoms with Gasteiger partial charge in [-0.3, -0.25) is 14.6 Å². The number of para-hydroxylation sites is 1. The molecule has 0 aliphatic heterocycles. The molecule has 0 saturated carbocycles. The molecule has 2 amide bonds. The Morgan fingerprint density at radius 2 is 1.92 bits per heavy atom. The van der Waals surface area contributed by atoms with Crippen LogP contribution in [0.4, 0.5) is 5.69 Å². The molecular weight excluding hydrogens is 328 g/mol. The normalized spacial score (nSPS) is 10.7. The van der Waals surface area contributed by atoms with Crippen LogP contribution in [0.1, 0.15) is 38.9 Å². The zero-order valence-corrected chi connectivity index (χ0v) is 15.8. The van der Waals surface area contributed by atoms with Gasteiger partial charge in [0.15, 0.2) is 0 Å². The Bertz CT molecular complexity index is 787. The molecule has 0 unspecified atom stereocenters. The minimum atomic E-state index is -0.286. The standard InChI is InChI=1S/C20H26N4O2/c1-5-15-8-6-7-14(2)18(15)23-19(25)16-9-10-21-17(13-16)20(26)22-11-12-24(3)4/h6-10,13H,5,11-12H2,1-4H3,(H,22,26)(H,23,25). The summed E-state index contributed by atoms with van der Waals surface area (Å²) < 4.78 is 0. The Labute approximate surface area is 154 Å². The van der Waals surface area contributed by atoms with Gasteiger partial charge in [0.05, 0.1) is 0 Å². The van der Waals surface area contributed by atoms with Crippen LogP contribution in [0.5, 0.6) is 0 Å². The second-order valence-corrected chi connectivity index (χ2v) is 6.41. The highest BCUT2D eigenvalue weighted by molar-refractivity contribution is 6.06. The number of aromatic nitrogens is 1. The molecule has 0 aliphatic carbocycles. The van der Waals surface area contributed by atoms with Crippen molar-refractivity contribution in [1.29, 1.82) is 0 Å². The van der Waals surface area contributed by atoms with E-state index >= 15 is 0 Å². The number of anilines is 1. The number of rotatable bonds is 7. The fourth-order valence-corrected chi connectivity index (χ4v) is 2.57. The summed E-state index contributed by atoms with van der Waals surface area (Å²) in [5.74, 6) is -0.537. The van der Waals surface area contributed by atoms with E-state index in [2.05, 4.69) is 15.6 Å². The van der Waals surface area contributed by atoms with E-state index in [0.717, 1.165) is 29.8 Å². The average Bonchev–Trinajstić information content (AvgIpc) is 2.63. The third kappa shape index (κ3) is 5.13. The van der Waals surface area contributed by atoms with Crippen molar-refractivity contribution in [1.82, 2.24) is 15.2 Å². The quantitative estimate of drug-likeness (QED) is 0.801. The van der Waals surface area contributed by atoms with Crippen molar-refractivity contribution < 1.29 is 9.59 Å². The van der Waals surface area contributed by atoms with E-state index in [1.807, 2.05) is 51.0 Å². The van der Waals surface area contributed by atoms with Crippen molar-refractivity contribution >= 4 is 17.5 Å². The van der Waals surface area contributed by atoms with E-state index in [-0.39, 0.29) is 17.5 Å². The number of nitrogens with zero attached hydrogens (tertiary/aromatic N) is 2. The molecule has 0 bridgehead atoms. The van der Waals surface area contributed by atoms with Crippen LogP contribution in [0.2, 0.25) is 0 Å². The van der Waals surface area contributed by atoms with Gasteiger partial charge >= 0.3 is 0 Å². The molecule has 138 valence electrons. The summed E-state index contributed by atoms with van der Waals surface area (Å²) in [5, 5.41) is 5.76. The van der Waals surface area contributed by atoms with Gasteiger partial charge in [0.2, 0.25) is 0 Å². The summed E-state index contributed by atoms with van der Waals surface area (Å²) in [6, 6.07) is 9.07. The lowest BCUT2D eigenvalue weighted by Crippen LogP contribution is -2.32. The zero-order chi connectivity index (χ0) is 19.1. The molecule has 0 fully saturated rings. The summed E-state index contributed by atoms with van der Waals surface area (Å²) in [6.07, 6.45) is 2.31. The lowest BCUT2D eigenvalue weighted by Gasteiger charge is -2.13. The summed E-state index contributed by atoms with van der Waals surface area (Å²) in [5.41, 5.74) is 3.55. The molecule has 6 nitrogen and oxygen atoms in total. The first-order chi connectivity index (χ1) is 12.4. The van der Waals surface area contributed by atoms with Crippen molar-refractivity contribution in [3.05, 3.63) is 58.9 Å². The summed E-state index contributed by atoms with van der Waals surface area (Å²) in [7, 11) is 3.87. The number of benzene rings is 1. The number of carbonyl (C=O) groups excluding carboxylic acids is 2.